The van der Waals surface area contributed by atoms with Crippen LogP contribution in [0, 0.1) is 17.0 Å². The van der Waals surface area contributed by atoms with Crippen molar-refractivity contribution in [3.8, 4) is 0 Å². The van der Waals surface area contributed by atoms with Gasteiger partial charge in [-0.15, -0.1) is 0 Å². The average Bonchev–Trinajstić information content (AvgIpc) is 2.72. The fourth-order valence-electron chi connectivity index (χ4n) is 3.28. The van der Waals surface area contributed by atoms with Gasteiger partial charge in [0.2, 0.25) is 0 Å². The molecule has 1 atom stereocenters. The Morgan fingerprint density at radius 3 is 2.50 bits per heavy atom. The van der Waals surface area contributed by atoms with E-state index in [-0.39, 0.29) is 37.1 Å². The number of carbonyl (C=O) groups excluding carboxylic acids is 2. The molecule has 0 aliphatic carbocycles. The van der Waals surface area contributed by atoms with Crippen LogP contribution in [-0.4, -0.2) is 63.9 Å². The molecule has 1 saturated heterocycles. The maximum absolute atomic E-state index is 13.6. The topological polar surface area (TPSA) is 96.7 Å². The third kappa shape index (κ3) is 3.83. The number of piperazine rings is 1. The smallest absolute Gasteiger partial charge is 0.272 e. The van der Waals surface area contributed by atoms with Crippen molar-refractivity contribution in [1.82, 2.24) is 14.8 Å². The molecule has 1 aromatic heterocycles. The zero-order chi connectivity index (χ0) is 20.3. The van der Waals surface area contributed by atoms with E-state index in [4.69, 9.17) is 0 Å². The lowest BCUT2D eigenvalue weighted by atomic mass is 10.1. The second kappa shape index (κ2) is 8.12. The summed E-state index contributed by atoms with van der Waals surface area (Å²) < 4.78 is 13.6. The molecule has 9 heteroatoms. The van der Waals surface area contributed by atoms with Crippen molar-refractivity contribution in [2.75, 3.05) is 26.3 Å². The molecule has 1 fully saturated rings. The molecule has 146 valence electrons. The molecule has 1 aliphatic heterocycles. The minimum atomic E-state index is -0.778. The van der Waals surface area contributed by atoms with Crippen molar-refractivity contribution in [2.24, 2.45) is 0 Å². The number of carbonyl (C=O) groups is 2. The van der Waals surface area contributed by atoms with Crippen LogP contribution in [0.3, 0.4) is 0 Å². The molecule has 1 aliphatic rings. The number of hydrogen-bond donors (Lipinski definition) is 0. The lowest BCUT2D eigenvalue weighted by Crippen LogP contribution is -2.57. The monoisotopic (exact) mass is 386 g/mol. The lowest BCUT2D eigenvalue weighted by Gasteiger charge is -2.40. The molecule has 2 amide bonds. The van der Waals surface area contributed by atoms with E-state index < -0.39 is 17.6 Å². The largest absolute Gasteiger partial charge is 0.335 e. The van der Waals surface area contributed by atoms with Gasteiger partial charge >= 0.3 is 0 Å². The summed E-state index contributed by atoms with van der Waals surface area (Å²) in [4.78, 5) is 42.6. The Morgan fingerprint density at radius 1 is 1.18 bits per heavy atom. The van der Waals surface area contributed by atoms with Crippen LogP contribution in [0.15, 0.2) is 42.7 Å². The molecule has 2 aromatic rings. The molecule has 0 radical (unpaired) electrons. The summed E-state index contributed by atoms with van der Waals surface area (Å²) in [5.41, 5.74) is 1.03. The molecule has 3 rings (SSSR count). The minimum absolute atomic E-state index is 0.0577. The number of halogens is 1. The molecular formula is C19H19FN4O4. The molecule has 0 spiro atoms. The van der Waals surface area contributed by atoms with Gasteiger partial charge in [-0.25, -0.2) is 4.39 Å². The fourth-order valence-corrected chi connectivity index (χ4v) is 3.28. The number of hydrogen-bond acceptors (Lipinski definition) is 5. The van der Waals surface area contributed by atoms with Crippen LogP contribution in [-0.2, 0) is 0 Å². The van der Waals surface area contributed by atoms with Crippen LogP contribution >= 0.6 is 0 Å². The van der Waals surface area contributed by atoms with Gasteiger partial charge in [-0.3, -0.25) is 24.7 Å². The molecule has 2 heterocycles. The molecule has 8 nitrogen and oxygen atoms in total. The van der Waals surface area contributed by atoms with Crippen molar-refractivity contribution >= 4 is 17.5 Å². The molecule has 1 aromatic carbocycles. The predicted molar refractivity (Wildman–Crippen MR) is 98.8 cm³/mol. The quantitative estimate of drug-likeness (QED) is 0.593. The normalized spacial score (nSPS) is 16.7. The molecule has 0 N–H and O–H groups in total. The number of nitro benzene ring substituents is 1. The average molecular weight is 386 g/mol. The van der Waals surface area contributed by atoms with Gasteiger partial charge in [-0.1, -0.05) is 0 Å². The van der Waals surface area contributed by atoms with E-state index in [1.54, 1.807) is 19.1 Å². The SMILES string of the molecule is Cc1cc(C(=O)N2CCN(C(=O)c3ccncc3)C(CF)C2)ccc1[N+](=O)[O-]. The van der Waals surface area contributed by atoms with Crippen LogP contribution in [0.1, 0.15) is 26.3 Å². The van der Waals surface area contributed by atoms with E-state index in [1.165, 1.54) is 40.4 Å². The Hall–Kier alpha value is -3.36. The van der Waals surface area contributed by atoms with Crippen LogP contribution in [0.25, 0.3) is 0 Å². The van der Waals surface area contributed by atoms with Gasteiger partial charge in [0.1, 0.15) is 6.67 Å². The first-order valence-corrected chi connectivity index (χ1v) is 8.73. The summed E-state index contributed by atoms with van der Waals surface area (Å²) in [6, 6.07) is 6.52. The van der Waals surface area contributed by atoms with E-state index in [9.17, 15) is 24.1 Å². The van der Waals surface area contributed by atoms with Crippen molar-refractivity contribution in [1.29, 1.82) is 0 Å². The highest BCUT2D eigenvalue weighted by atomic mass is 19.1. The number of nitrogens with zero attached hydrogens (tertiary/aromatic N) is 4. The molecule has 0 bridgehead atoms. The van der Waals surface area contributed by atoms with Gasteiger partial charge in [-0.05, 0) is 31.2 Å². The standard InChI is InChI=1S/C19H19FN4O4/c1-13-10-15(2-3-17(13)24(27)28)18(25)22-8-9-23(16(11-20)12-22)19(26)14-4-6-21-7-5-14/h2-7,10,16H,8-9,11-12H2,1H3. The van der Waals surface area contributed by atoms with E-state index >= 15 is 0 Å². The summed E-state index contributed by atoms with van der Waals surface area (Å²) in [5.74, 6) is -0.643. The Bertz CT molecular complexity index is 906. The minimum Gasteiger partial charge on any atom is -0.335 e. The van der Waals surface area contributed by atoms with Crippen LogP contribution in [0.5, 0.6) is 0 Å². The van der Waals surface area contributed by atoms with Gasteiger partial charge in [-0.2, -0.15) is 0 Å². The number of aromatic nitrogens is 1. The zero-order valence-electron chi connectivity index (χ0n) is 15.2. The number of amides is 2. The maximum atomic E-state index is 13.6. The first kappa shape index (κ1) is 19.4. The summed E-state index contributed by atoms with van der Waals surface area (Å²) in [5, 5.41) is 10.9. The van der Waals surface area contributed by atoms with Crippen molar-refractivity contribution < 1.29 is 18.9 Å². The highest BCUT2D eigenvalue weighted by Crippen LogP contribution is 2.21. The van der Waals surface area contributed by atoms with Gasteiger partial charge in [0.15, 0.2) is 0 Å². The van der Waals surface area contributed by atoms with Crippen LogP contribution < -0.4 is 0 Å². The summed E-state index contributed by atoms with van der Waals surface area (Å²) in [6.07, 6.45) is 2.99. The van der Waals surface area contributed by atoms with Crippen molar-refractivity contribution in [3.05, 3.63) is 69.5 Å². The van der Waals surface area contributed by atoms with E-state index in [0.717, 1.165) is 0 Å². The number of alkyl halides is 1. The Labute approximate surface area is 160 Å². The first-order chi connectivity index (χ1) is 13.4. The second-order valence-corrected chi connectivity index (χ2v) is 6.55. The van der Waals surface area contributed by atoms with Gasteiger partial charge in [0.05, 0.1) is 11.0 Å². The van der Waals surface area contributed by atoms with Gasteiger partial charge in [0.25, 0.3) is 17.5 Å². The van der Waals surface area contributed by atoms with E-state index in [0.29, 0.717) is 16.7 Å². The fraction of sp³-hybridized carbons (Fsp3) is 0.316. The number of aryl methyl sites for hydroxylation is 1. The Morgan fingerprint density at radius 2 is 1.89 bits per heavy atom. The lowest BCUT2D eigenvalue weighted by molar-refractivity contribution is -0.385. The molecule has 1 unspecified atom stereocenters. The van der Waals surface area contributed by atoms with Crippen molar-refractivity contribution in [3.63, 3.8) is 0 Å². The third-order valence-corrected chi connectivity index (χ3v) is 4.78. The maximum Gasteiger partial charge on any atom is 0.272 e. The van der Waals surface area contributed by atoms with Crippen LogP contribution in [0.2, 0.25) is 0 Å². The summed E-state index contributed by atoms with van der Waals surface area (Å²) >= 11 is 0. The van der Waals surface area contributed by atoms with Gasteiger partial charge in [0, 0.05) is 54.8 Å². The van der Waals surface area contributed by atoms with E-state index in [2.05, 4.69) is 4.98 Å². The van der Waals surface area contributed by atoms with Crippen LogP contribution in [0.4, 0.5) is 10.1 Å². The number of pyridine rings is 1. The second-order valence-electron chi connectivity index (χ2n) is 6.55. The third-order valence-electron chi connectivity index (χ3n) is 4.78. The van der Waals surface area contributed by atoms with E-state index in [1.807, 2.05) is 0 Å². The number of benzene rings is 1. The Balaban J connectivity index is 1.74. The molecular weight excluding hydrogens is 367 g/mol. The zero-order valence-corrected chi connectivity index (χ0v) is 15.2. The molecule has 0 saturated carbocycles. The summed E-state index contributed by atoms with van der Waals surface area (Å²) in [6.45, 7) is 1.29. The van der Waals surface area contributed by atoms with Crippen molar-refractivity contribution in [2.45, 2.75) is 13.0 Å². The Kier molecular flexibility index (Phi) is 5.62. The number of nitro groups is 1. The number of rotatable bonds is 4. The highest BCUT2D eigenvalue weighted by molar-refractivity contribution is 5.96. The first-order valence-electron chi connectivity index (χ1n) is 8.73. The highest BCUT2D eigenvalue weighted by Gasteiger charge is 2.33. The van der Waals surface area contributed by atoms with Gasteiger partial charge < -0.3 is 9.80 Å². The molecule has 28 heavy (non-hydrogen) atoms. The summed E-state index contributed by atoms with van der Waals surface area (Å²) in [7, 11) is 0. The predicted octanol–water partition coefficient (Wildman–Crippen LogP) is 2.23.